The molecule has 0 atom stereocenters. The van der Waals surface area contributed by atoms with Gasteiger partial charge in [0.15, 0.2) is 6.61 Å². The zero-order valence-electron chi connectivity index (χ0n) is 16.0. The molecule has 0 spiro atoms. The van der Waals surface area contributed by atoms with E-state index in [1.54, 1.807) is 24.3 Å². The molecular formula is C20H25N3O5S. The second-order valence-corrected chi connectivity index (χ2v) is 8.22. The maximum atomic E-state index is 12.4. The summed E-state index contributed by atoms with van der Waals surface area (Å²) in [7, 11) is -3.68. The molecule has 0 saturated carbocycles. The van der Waals surface area contributed by atoms with Gasteiger partial charge in [0, 0.05) is 31.9 Å². The van der Waals surface area contributed by atoms with E-state index in [0.717, 1.165) is 32.8 Å². The number of benzene rings is 2. The summed E-state index contributed by atoms with van der Waals surface area (Å²) in [6.07, 6.45) is 0. The van der Waals surface area contributed by atoms with E-state index < -0.39 is 10.0 Å². The highest BCUT2D eigenvalue weighted by Crippen LogP contribution is 2.19. The average molecular weight is 420 g/mol. The van der Waals surface area contributed by atoms with E-state index >= 15 is 0 Å². The number of hydrogen-bond acceptors (Lipinski definition) is 6. The minimum Gasteiger partial charge on any atom is -0.484 e. The molecule has 2 N–H and O–H groups in total. The molecule has 1 heterocycles. The third-order valence-corrected chi connectivity index (χ3v) is 5.78. The Morgan fingerprint density at radius 1 is 1.03 bits per heavy atom. The Balaban J connectivity index is 1.43. The van der Waals surface area contributed by atoms with E-state index in [0.29, 0.717) is 18.0 Å². The standard InChI is InChI=1S/C20H25N3O5S/c24-20(21-10-11-23-12-14-27-15-13-23)16-28-18-6-8-19(9-7-18)29(25,26)22-17-4-2-1-3-5-17/h1-9,22H,10-16H2,(H,21,24). The van der Waals surface area contributed by atoms with Crippen molar-refractivity contribution in [2.75, 3.05) is 50.7 Å². The summed E-state index contributed by atoms with van der Waals surface area (Å²) < 4.78 is 38.0. The molecule has 0 unspecified atom stereocenters. The van der Waals surface area contributed by atoms with Crippen LogP contribution in [0.4, 0.5) is 5.69 Å². The molecule has 0 radical (unpaired) electrons. The second-order valence-electron chi connectivity index (χ2n) is 6.54. The summed E-state index contributed by atoms with van der Waals surface area (Å²) in [5.74, 6) is 0.202. The third kappa shape index (κ3) is 6.74. The first-order chi connectivity index (χ1) is 14.0. The fourth-order valence-corrected chi connectivity index (χ4v) is 3.87. The van der Waals surface area contributed by atoms with Crippen LogP contribution in [0.15, 0.2) is 59.5 Å². The van der Waals surface area contributed by atoms with Gasteiger partial charge in [-0.2, -0.15) is 0 Å². The van der Waals surface area contributed by atoms with Crippen molar-refractivity contribution < 1.29 is 22.7 Å². The summed E-state index contributed by atoms with van der Waals surface area (Å²) in [5.41, 5.74) is 0.488. The predicted octanol–water partition coefficient (Wildman–Crippen LogP) is 1.31. The quantitative estimate of drug-likeness (QED) is 0.636. The number of carbonyl (C=O) groups is 1. The highest BCUT2D eigenvalue weighted by atomic mass is 32.2. The molecule has 1 aliphatic rings. The number of sulfonamides is 1. The molecule has 9 heteroatoms. The van der Waals surface area contributed by atoms with Crippen LogP contribution in [0.25, 0.3) is 0 Å². The normalized spacial score (nSPS) is 14.9. The van der Waals surface area contributed by atoms with E-state index in [1.807, 2.05) is 6.07 Å². The highest BCUT2D eigenvalue weighted by Gasteiger charge is 2.14. The van der Waals surface area contributed by atoms with E-state index in [2.05, 4.69) is 14.9 Å². The van der Waals surface area contributed by atoms with Gasteiger partial charge in [-0.05, 0) is 36.4 Å². The van der Waals surface area contributed by atoms with Crippen molar-refractivity contribution in [3.63, 3.8) is 0 Å². The van der Waals surface area contributed by atoms with Crippen LogP contribution in [0, 0.1) is 0 Å². The number of rotatable bonds is 9. The molecule has 1 fully saturated rings. The number of nitrogens with zero attached hydrogens (tertiary/aromatic N) is 1. The van der Waals surface area contributed by atoms with Crippen LogP contribution in [0.5, 0.6) is 5.75 Å². The number of nitrogens with one attached hydrogen (secondary N) is 2. The van der Waals surface area contributed by atoms with Crippen LogP contribution in [0.3, 0.4) is 0 Å². The Bertz CT molecular complexity index is 882. The molecule has 1 aliphatic heterocycles. The third-order valence-electron chi connectivity index (χ3n) is 4.38. The fraction of sp³-hybridized carbons (Fsp3) is 0.350. The Kier molecular flexibility index (Phi) is 7.45. The molecule has 0 aromatic heterocycles. The first-order valence-corrected chi connectivity index (χ1v) is 10.9. The Morgan fingerprint density at radius 2 is 1.72 bits per heavy atom. The number of hydrogen-bond donors (Lipinski definition) is 2. The van der Waals surface area contributed by atoms with Crippen molar-refractivity contribution >= 4 is 21.6 Å². The van der Waals surface area contributed by atoms with Crippen LogP contribution in [-0.2, 0) is 19.6 Å². The van der Waals surface area contributed by atoms with Gasteiger partial charge >= 0.3 is 0 Å². The van der Waals surface area contributed by atoms with Gasteiger partial charge in [0.25, 0.3) is 15.9 Å². The Labute approximate surface area is 170 Å². The van der Waals surface area contributed by atoms with Gasteiger partial charge in [0.1, 0.15) is 5.75 Å². The second kappa shape index (κ2) is 10.2. The first-order valence-electron chi connectivity index (χ1n) is 9.40. The Hall–Kier alpha value is -2.62. The van der Waals surface area contributed by atoms with Crippen molar-refractivity contribution in [1.82, 2.24) is 10.2 Å². The molecule has 1 amide bonds. The number of carbonyl (C=O) groups excluding carboxylic acids is 1. The van der Waals surface area contributed by atoms with Gasteiger partial charge < -0.3 is 14.8 Å². The molecule has 3 rings (SSSR count). The van der Waals surface area contributed by atoms with E-state index in [4.69, 9.17) is 9.47 Å². The Morgan fingerprint density at radius 3 is 2.41 bits per heavy atom. The molecule has 8 nitrogen and oxygen atoms in total. The molecule has 156 valence electrons. The van der Waals surface area contributed by atoms with Crippen LogP contribution in [0.2, 0.25) is 0 Å². The number of para-hydroxylation sites is 1. The lowest BCUT2D eigenvalue weighted by Gasteiger charge is -2.26. The van der Waals surface area contributed by atoms with Gasteiger partial charge in [0.2, 0.25) is 0 Å². The van der Waals surface area contributed by atoms with Crippen LogP contribution in [-0.4, -0.2) is 65.2 Å². The summed E-state index contributed by atoms with van der Waals surface area (Å²) in [6, 6.07) is 14.6. The fourth-order valence-electron chi connectivity index (χ4n) is 2.81. The lowest BCUT2D eigenvalue weighted by atomic mass is 10.3. The molecule has 0 aliphatic carbocycles. The van der Waals surface area contributed by atoms with Gasteiger partial charge in [-0.15, -0.1) is 0 Å². The number of anilines is 1. The van der Waals surface area contributed by atoms with Crippen molar-refractivity contribution in [2.24, 2.45) is 0 Å². The molecular weight excluding hydrogens is 394 g/mol. The zero-order chi connectivity index (χ0) is 20.5. The van der Waals surface area contributed by atoms with Crippen molar-refractivity contribution in [2.45, 2.75) is 4.90 Å². The topological polar surface area (TPSA) is 97.0 Å². The number of ether oxygens (including phenoxy) is 2. The summed E-state index contributed by atoms with van der Waals surface area (Å²) in [6.45, 7) is 4.40. The lowest BCUT2D eigenvalue weighted by molar-refractivity contribution is -0.123. The SMILES string of the molecule is O=C(COc1ccc(S(=O)(=O)Nc2ccccc2)cc1)NCCN1CCOCC1. The minimum absolute atomic E-state index is 0.115. The predicted molar refractivity (Wildman–Crippen MR) is 109 cm³/mol. The van der Waals surface area contributed by atoms with Crippen molar-refractivity contribution in [3.05, 3.63) is 54.6 Å². The summed E-state index contributed by atoms with van der Waals surface area (Å²) >= 11 is 0. The van der Waals surface area contributed by atoms with Gasteiger partial charge in [-0.25, -0.2) is 8.42 Å². The van der Waals surface area contributed by atoms with Gasteiger partial charge in [0.05, 0.1) is 18.1 Å². The zero-order valence-corrected chi connectivity index (χ0v) is 16.9. The summed E-state index contributed by atoms with van der Waals surface area (Å²) in [5, 5.41) is 2.81. The summed E-state index contributed by atoms with van der Waals surface area (Å²) in [4.78, 5) is 14.2. The largest absolute Gasteiger partial charge is 0.484 e. The van der Waals surface area contributed by atoms with Gasteiger partial charge in [-0.3, -0.25) is 14.4 Å². The van der Waals surface area contributed by atoms with Crippen molar-refractivity contribution in [3.8, 4) is 5.75 Å². The highest BCUT2D eigenvalue weighted by molar-refractivity contribution is 7.92. The van der Waals surface area contributed by atoms with Crippen LogP contribution >= 0.6 is 0 Å². The molecule has 2 aromatic rings. The van der Waals surface area contributed by atoms with E-state index in [9.17, 15) is 13.2 Å². The first kappa shape index (κ1) is 21.1. The minimum atomic E-state index is -3.68. The molecule has 1 saturated heterocycles. The number of amides is 1. The molecule has 0 bridgehead atoms. The maximum Gasteiger partial charge on any atom is 0.261 e. The monoisotopic (exact) mass is 419 g/mol. The van der Waals surface area contributed by atoms with Crippen LogP contribution < -0.4 is 14.8 Å². The number of morpholine rings is 1. The van der Waals surface area contributed by atoms with Gasteiger partial charge in [-0.1, -0.05) is 18.2 Å². The molecule has 29 heavy (non-hydrogen) atoms. The lowest BCUT2D eigenvalue weighted by Crippen LogP contribution is -2.42. The van der Waals surface area contributed by atoms with E-state index in [1.165, 1.54) is 24.3 Å². The smallest absolute Gasteiger partial charge is 0.261 e. The molecule has 2 aromatic carbocycles. The van der Waals surface area contributed by atoms with Crippen LogP contribution in [0.1, 0.15) is 0 Å². The van der Waals surface area contributed by atoms with E-state index in [-0.39, 0.29) is 17.4 Å². The average Bonchev–Trinajstić information content (AvgIpc) is 2.74. The maximum absolute atomic E-state index is 12.4. The van der Waals surface area contributed by atoms with Crippen molar-refractivity contribution in [1.29, 1.82) is 0 Å².